The van der Waals surface area contributed by atoms with Crippen LogP contribution in [0.1, 0.15) is 46.5 Å². The Morgan fingerprint density at radius 2 is 2.00 bits per heavy atom. The van der Waals surface area contributed by atoms with E-state index >= 15 is 0 Å². The van der Waals surface area contributed by atoms with E-state index < -0.39 is 0 Å². The Kier molecular flexibility index (Phi) is 2.64. The largest absolute Gasteiger partial charge is 0.265 e. The summed E-state index contributed by atoms with van der Waals surface area (Å²) in [5.41, 5.74) is 0.305. The van der Waals surface area contributed by atoms with Crippen LogP contribution in [0.5, 0.6) is 0 Å². The van der Waals surface area contributed by atoms with Crippen LogP contribution in [0.25, 0.3) is 0 Å². The lowest BCUT2D eigenvalue weighted by molar-refractivity contribution is -0.497. The van der Waals surface area contributed by atoms with Gasteiger partial charge < -0.3 is 0 Å². The molecule has 3 heteroatoms. The molecule has 1 aliphatic rings. The average Bonchev–Trinajstić information content (AvgIpc) is 2.26. The van der Waals surface area contributed by atoms with E-state index in [-0.39, 0.29) is 16.9 Å². The van der Waals surface area contributed by atoms with Gasteiger partial charge in [0.05, 0.1) is 0 Å². The van der Waals surface area contributed by atoms with Gasteiger partial charge in [0.2, 0.25) is 6.54 Å². The van der Waals surface area contributed by atoms with E-state index in [4.69, 9.17) is 0 Å². The minimum Gasteiger partial charge on any atom is -0.265 e. The van der Waals surface area contributed by atoms with Crippen molar-refractivity contribution >= 4 is 0 Å². The number of rotatable bonds is 3. The van der Waals surface area contributed by atoms with Crippen molar-refractivity contribution in [2.24, 2.45) is 10.8 Å². The first-order valence-corrected chi connectivity index (χ1v) is 5.01. The van der Waals surface area contributed by atoms with E-state index in [2.05, 4.69) is 20.8 Å². The van der Waals surface area contributed by atoms with Crippen LogP contribution in [-0.2, 0) is 0 Å². The van der Waals surface area contributed by atoms with Crippen molar-refractivity contribution in [1.29, 1.82) is 0 Å². The molecule has 0 aromatic rings. The summed E-state index contributed by atoms with van der Waals surface area (Å²) in [6.45, 7) is 6.66. The summed E-state index contributed by atoms with van der Waals surface area (Å²) in [5.74, 6) is 0. The molecular weight excluding hydrogens is 166 g/mol. The van der Waals surface area contributed by atoms with E-state index in [0.717, 1.165) is 25.7 Å². The molecule has 13 heavy (non-hydrogen) atoms. The molecule has 0 saturated heterocycles. The number of hydrogen-bond donors (Lipinski definition) is 0. The minimum atomic E-state index is -0.148. The molecule has 0 amide bonds. The van der Waals surface area contributed by atoms with E-state index in [9.17, 15) is 10.1 Å². The third-order valence-corrected chi connectivity index (χ3v) is 3.40. The zero-order chi connectivity index (χ0) is 10.1. The van der Waals surface area contributed by atoms with Gasteiger partial charge in [-0.25, -0.2) is 0 Å². The van der Waals surface area contributed by atoms with Gasteiger partial charge in [-0.15, -0.1) is 0 Å². The summed E-state index contributed by atoms with van der Waals surface area (Å²) < 4.78 is 0. The fourth-order valence-electron chi connectivity index (χ4n) is 2.62. The fourth-order valence-corrected chi connectivity index (χ4v) is 2.62. The number of nitro groups is 1. The van der Waals surface area contributed by atoms with Gasteiger partial charge in [-0.1, -0.05) is 20.8 Å². The number of hydrogen-bond acceptors (Lipinski definition) is 2. The molecule has 1 rings (SSSR count). The second kappa shape index (κ2) is 3.28. The lowest BCUT2D eigenvalue weighted by Crippen LogP contribution is -2.27. The predicted molar refractivity (Wildman–Crippen MR) is 52.2 cm³/mol. The molecule has 1 unspecified atom stereocenters. The lowest BCUT2D eigenvalue weighted by Gasteiger charge is -2.25. The first-order valence-electron chi connectivity index (χ1n) is 5.01. The standard InChI is InChI=1S/C10H19NO2/c1-4-10(8-11(12)13)6-5-9(2,3)7-10/h4-8H2,1-3H3. The summed E-state index contributed by atoms with van der Waals surface area (Å²) in [6, 6.07) is 0. The van der Waals surface area contributed by atoms with Crippen LogP contribution in [0, 0.1) is 20.9 Å². The molecule has 76 valence electrons. The van der Waals surface area contributed by atoms with Crippen molar-refractivity contribution < 1.29 is 4.92 Å². The van der Waals surface area contributed by atoms with Gasteiger partial charge in [0.15, 0.2) is 0 Å². The topological polar surface area (TPSA) is 43.1 Å². The van der Waals surface area contributed by atoms with Crippen molar-refractivity contribution in [2.75, 3.05) is 6.54 Å². The van der Waals surface area contributed by atoms with Gasteiger partial charge in [0.25, 0.3) is 0 Å². The van der Waals surface area contributed by atoms with E-state index in [1.807, 2.05) is 0 Å². The molecule has 1 aliphatic carbocycles. The maximum absolute atomic E-state index is 10.5. The fraction of sp³-hybridized carbons (Fsp3) is 1.00. The molecule has 0 aromatic carbocycles. The molecule has 0 N–H and O–H groups in total. The maximum Gasteiger partial charge on any atom is 0.209 e. The highest BCUT2D eigenvalue weighted by atomic mass is 16.6. The van der Waals surface area contributed by atoms with Crippen molar-refractivity contribution in [1.82, 2.24) is 0 Å². The molecule has 0 spiro atoms. The molecule has 0 aliphatic heterocycles. The van der Waals surface area contributed by atoms with Crippen LogP contribution in [0.2, 0.25) is 0 Å². The van der Waals surface area contributed by atoms with Crippen LogP contribution in [-0.4, -0.2) is 11.5 Å². The first kappa shape index (κ1) is 10.5. The smallest absolute Gasteiger partial charge is 0.209 e. The summed E-state index contributed by atoms with van der Waals surface area (Å²) >= 11 is 0. The Morgan fingerprint density at radius 3 is 2.31 bits per heavy atom. The van der Waals surface area contributed by atoms with Crippen LogP contribution in [0.15, 0.2) is 0 Å². The second-order valence-electron chi connectivity index (χ2n) is 5.19. The minimum absolute atomic E-state index is 0.00694. The SMILES string of the molecule is CCC1(C[N+](=O)[O-])CCC(C)(C)C1. The Labute approximate surface area is 79.7 Å². The van der Waals surface area contributed by atoms with E-state index in [1.165, 1.54) is 0 Å². The molecule has 1 atom stereocenters. The highest BCUT2D eigenvalue weighted by Gasteiger charge is 2.45. The third-order valence-electron chi connectivity index (χ3n) is 3.40. The molecular formula is C10H19NO2. The Balaban J connectivity index is 2.68. The maximum atomic E-state index is 10.5. The normalized spacial score (nSPS) is 31.9. The zero-order valence-electron chi connectivity index (χ0n) is 8.80. The van der Waals surface area contributed by atoms with Gasteiger partial charge in [-0.05, 0) is 31.1 Å². The average molecular weight is 185 g/mol. The summed E-state index contributed by atoms with van der Waals surface area (Å²) in [4.78, 5) is 10.4. The summed E-state index contributed by atoms with van der Waals surface area (Å²) in [5, 5.41) is 10.5. The van der Waals surface area contributed by atoms with Crippen molar-refractivity contribution in [3.63, 3.8) is 0 Å². The quantitative estimate of drug-likeness (QED) is 0.501. The van der Waals surface area contributed by atoms with Crippen LogP contribution in [0.4, 0.5) is 0 Å². The van der Waals surface area contributed by atoms with Crippen molar-refractivity contribution in [2.45, 2.75) is 46.5 Å². The van der Waals surface area contributed by atoms with E-state index in [0.29, 0.717) is 5.41 Å². The third kappa shape index (κ3) is 2.42. The van der Waals surface area contributed by atoms with E-state index in [1.54, 1.807) is 0 Å². The van der Waals surface area contributed by atoms with Gasteiger partial charge in [-0.3, -0.25) is 10.1 Å². The summed E-state index contributed by atoms with van der Waals surface area (Å²) in [7, 11) is 0. The molecule has 0 radical (unpaired) electrons. The lowest BCUT2D eigenvalue weighted by atomic mass is 9.79. The molecule has 3 nitrogen and oxygen atoms in total. The Hall–Kier alpha value is -0.600. The molecule has 1 saturated carbocycles. The van der Waals surface area contributed by atoms with Crippen LogP contribution < -0.4 is 0 Å². The predicted octanol–water partition coefficient (Wildman–Crippen LogP) is 2.87. The van der Waals surface area contributed by atoms with Crippen LogP contribution >= 0.6 is 0 Å². The summed E-state index contributed by atoms with van der Waals surface area (Å²) in [6.07, 6.45) is 4.11. The van der Waals surface area contributed by atoms with Crippen molar-refractivity contribution in [3.05, 3.63) is 10.1 Å². The highest BCUT2D eigenvalue weighted by molar-refractivity contribution is 4.92. The second-order valence-corrected chi connectivity index (χ2v) is 5.19. The first-order chi connectivity index (χ1) is 5.89. The molecule has 0 bridgehead atoms. The van der Waals surface area contributed by atoms with Crippen molar-refractivity contribution in [3.8, 4) is 0 Å². The van der Waals surface area contributed by atoms with Gasteiger partial charge >= 0.3 is 0 Å². The van der Waals surface area contributed by atoms with Gasteiger partial charge in [0.1, 0.15) is 0 Å². The van der Waals surface area contributed by atoms with Crippen LogP contribution in [0.3, 0.4) is 0 Å². The van der Waals surface area contributed by atoms with Gasteiger partial charge in [-0.2, -0.15) is 0 Å². The highest BCUT2D eigenvalue weighted by Crippen LogP contribution is 2.50. The Bertz CT molecular complexity index is 213. The zero-order valence-corrected chi connectivity index (χ0v) is 8.80. The monoisotopic (exact) mass is 185 g/mol. The molecule has 1 fully saturated rings. The van der Waals surface area contributed by atoms with Gasteiger partial charge in [0, 0.05) is 10.3 Å². The molecule has 0 aromatic heterocycles. The number of nitrogens with zero attached hydrogens (tertiary/aromatic N) is 1. The Morgan fingerprint density at radius 1 is 1.38 bits per heavy atom. The molecule has 0 heterocycles.